The Balaban J connectivity index is 2.41. The number of hydrogen-bond donors (Lipinski definition) is 2. The topological polar surface area (TPSA) is 90.1 Å². The molecule has 3 N–H and O–H groups in total. The van der Waals surface area contributed by atoms with Crippen molar-refractivity contribution in [1.82, 2.24) is 9.97 Å². The van der Waals surface area contributed by atoms with Gasteiger partial charge in [-0.15, -0.1) is 0 Å². The van der Waals surface area contributed by atoms with Crippen molar-refractivity contribution in [2.45, 2.75) is 0 Å². The van der Waals surface area contributed by atoms with Crippen LogP contribution in [0.3, 0.4) is 0 Å². The van der Waals surface area contributed by atoms with Crippen LogP contribution in [0.5, 0.6) is 5.75 Å². The lowest BCUT2D eigenvalue weighted by Crippen LogP contribution is -2.20. The van der Waals surface area contributed by atoms with Crippen LogP contribution in [0.1, 0.15) is 0 Å². The third-order valence-corrected chi connectivity index (χ3v) is 2.30. The van der Waals surface area contributed by atoms with Crippen LogP contribution in [-0.4, -0.2) is 23.1 Å². The number of primary amides is 1. The summed E-state index contributed by atoms with van der Waals surface area (Å²) in [6, 6.07) is 8.41. The van der Waals surface area contributed by atoms with E-state index in [2.05, 4.69) is 15.3 Å². The Kier molecular flexibility index (Phi) is 3.38. The minimum Gasteiger partial charge on any atom is -0.496 e. The van der Waals surface area contributed by atoms with E-state index in [1.54, 1.807) is 13.2 Å². The highest BCUT2D eigenvalue weighted by Crippen LogP contribution is 2.28. The molecule has 0 aliphatic heterocycles. The van der Waals surface area contributed by atoms with Crippen LogP contribution >= 0.6 is 0 Å². The van der Waals surface area contributed by atoms with E-state index in [4.69, 9.17) is 10.5 Å². The number of benzene rings is 1. The quantitative estimate of drug-likeness (QED) is 0.858. The van der Waals surface area contributed by atoms with E-state index < -0.39 is 6.03 Å². The van der Waals surface area contributed by atoms with E-state index in [-0.39, 0.29) is 0 Å². The molecule has 6 nitrogen and oxygen atoms in total. The first kappa shape index (κ1) is 11.8. The molecule has 1 heterocycles. The number of ether oxygens (including phenoxy) is 1. The van der Waals surface area contributed by atoms with Crippen LogP contribution in [0.25, 0.3) is 11.3 Å². The number of para-hydroxylation sites is 1. The van der Waals surface area contributed by atoms with Crippen LogP contribution in [0, 0.1) is 0 Å². The molecule has 2 aromatic rings. The lowest BCUT2D eigenvalue weighted by atomic mass is 10.1. The van der Waals surface area contributed by atoms with Gasteiger partial charge in [-0.3, -0.25) is 5.32 Å². The van der Waals surface area contributed by atoms with Gasteiger partial charge in [0.25, 0.3) is 0 Å². The molecule has 0 fully saturated rings. The van der Waals surface area contributed by atoms with Crippen molar-refractivity contribution < 1.29 is 9.53 Å². The van der Waals surface area contributed by atoms with Crippen LogP contribution in [0.4, 0.5) is 10.6 Å². The van der Waals surface area contributed by atoms with Gasteiger partial charge < -0.3 is 10.5 Å². The highest BCUT2D eigenvalue weighted by atomic mass is 16.5. The summed E-state index contributed by atoms with van der Waals surface area (Å²) in [5, 5.41) is 2.40. The highest BCUT2D eigenvalue weighted by molar-refractivity contribution is 5.87. The SMILES string of the molecule is COc1ccccc1-c1cc(NC(N)=O)ncn1. The Morgan fingerprint density at radius 1 is 1.33 bits per heavy atom. The average molecular weight is 244 g/mol. The van der Waals surface area contributed by atoms with Crippen molar-refractivity contribution in [3.8, 4) is 17.0 Å². The van der Waals surface area contributed by atoms with Crippen molar-refractivity contribution in [2.75, 3.05) is 12.4 Å². The molecule has 0 spiro atoms. The maximum Gasteiger partial charge on any atom is 0.317 e. The molecule has 2 rings (SSSR count). The minimum absolute atomic E-state index is 0.346. The molecule has 2 amide bonds. The fourth-order valence-corrected chi connectivity index (χ4v) is 1.56. The van der Waals surface area contributed by atoms with Crippen molar-refractivity contribution >= 4 is 11.8 Å². The molecule has 0 bridgehead atoms. The zero-order valence-corrected chi connectivity index (χ0v) is 9.75. The van der Waals surface area contributed by atoms with E-state index in [0.29, 0.717) is 17.3 Å². The first-order valence-electron chi connectivity index (χ1n) is 5.22. The normalized spacial score (nSPS) is 9.83. The number of nitrogens with one attached hydrogen (secondary N) is 1. The van der Waals surface area contributed by atoms with E-state index in [9.17, 15) is 4.79 Å². The number of nitrogens with two attached hydrogens (primary N) is 1. The molecule has 0 saturated carbocycles. The van der Waals surface area contributed by atoms with Crippen LogP contribution < -0.4 is 15.8 Å². The Morgan fingerprint density at radius 2 is 2.11 bits per heavy atom. The lowest BCUT2D eigenvalue weighted by molar-refractivity contribution is 0.259. The van der Waals surface area contributed by atoms with Crippen molar-refractivity contribution in [3.05, 3.63) is 36.7 Å². The second-order valence-corrected chi connectivity index (χ2v) is 3.48. The smallest absolute Gasteiger partial charge is 0.317 e. The summed E-state index contributed by atoms with van der Waals surface area (Å²) in [4.78, 5) is 18.8. The largest absolute Gasteiger partial charge is 0.496 e. The van der Waals surface area contributed by atoms with E-state index >= 15 is 0 Å². The Labute approximate surface area is 104 Å². The van der Waals surface area contributed by atoms with Gasteiger partial charge in [-0.1, -0.05) is 12.1 Å². The predicted molar refractivity (Wildman–Crippen MR) is 67.2 cm³/mol. The zero-order valence-electron chi connectivity index (χ0n) is 9.75. The average Bonchev–Trinajstić information content (AvgIpc) is 2.38. The summed E-state index contributed by atoms with van der Waals surface area (Å²) in [6.07, 6.45) is 1.35. The summed E-state index contributed by atoms with van der Waals surface area (Å²) in [5.74, 6) is 1.04. The monoisotopic (exact) mass is 244 g/mol. The Bertz CT molecular complexity index is 572. The second kappa shape index (κ2) is 5.13. The summed E-state index contributed by atoms with van der Waals surface area (Å²) < 4.78 is 5.25. The van der Waals surface area contributed by atoms with Crippen molar-refractivity contribution in [1.29, 1.82) is 0 Å². The Morgan fingerprint density at radius 3 is 2.83 bits per heavy atom. The molecule has 1 aromatic heterocycles. The number of anilines is 1. The molecule has 0 aliphatic carbocycles. The highest BCUT2D eigenvalue weighted by Gasteiger charge is 2.07. The van der Waals surface area contributed by atoms with Gasteiger partial charge in [0.2, 0.25) is 0 Å². The summed E-state index contributed by atoms with van der Waals surface area (Å²) >= 11 is 0. The number of amides is 2. The molecule has 92 valence electrons. The number of aromatic nitrogens is 2. The van der Waals surface area contributed by atoms with Gasteiger partial charge in [0.05, 0.1) is 12.8 Å². The second-order valence-electron chi connectivity index (χ2n) is 3.48. The van der Waals surface area contributed by atoms with Gasteiger partial charge in [-0.25, -0.2) is 14.8 Å². The molecule has 0 saturated heterocycles. The van der Waals surface area contributed by atoms with Gasteiger partial charge in [0, 0.05) is 11.6 Å². The number of urea groups is 1. The molecule has 0 unspecified atom stereocenters. The van der Waals surface area contributed by atoms with Crippen LogP contribution in [0.15, 0.2) is 36.7 Å². The summed E-state index contributed by atoms with van der Waals surface area (Å²) in [5.41, 5.74) is 6.49. The maximum absolute atomic E-state index is 10.8. The van der Waals surface area contributed by atoms with Gasteiger partial charge >= 0.3 is 6.03 Å². The lowest BCUT2D eigenvalue weighted by Gasteiger charge is -2.08. The van der Waals surface area contributed by atoms with Gasteiger partial charge in [0.1, 0.15) is 17.9 Å². The van der Waals surface area contributed by atoms with Gasteiger partial charge in [0.15, 0.2) is 0 Å². The van der Waals surface area contributed by atoms with E-state index in [1.165, 1.54) is 6.33 Å². The Hall–Kier alpha value is -2.63. The molecule has 1 aromatic carbocycles. The summed E-state index contributed by atoms with van der Waals surface area (Å²) in [6.45, 7) is 0. The summed E-state index contributed by atoms with van der Waals surface area (Å²) in [7, 11) is 1.59. The standard InChI is InChI=1S/C12H12N4O2/c1-18-10-5-3-2-4-8(10)9-6-11(15-7-14-9)16-12(13)17/h2-7H,1H3,(H3,13,14,15,16,17). The van der Waals surface area contributed by atoms with E-state index in [0.717, 1.165) is 5.56 Å². The number of rotatable bonds is 3. The number of methoxy groups -OCH3 is 1. The number of hydrogen-bond acceptors (Lipinski definition) is 4. The van der Waals surface area contributed by atoms with Crippen molar-refractivity contribution in [2.24, 2.45) is 5.73 Å². The maximum atomic E-state index is 10.8. The molecular weight excluding hydrogens is 232 g/mol. The molecule has 0 aliphatic rings. The molecule has 6 heteroatoms. The number of nitrogens with zero attached hydrogens (tertiary/aromatic N) is 2. The number of carbonyl (C=O) groups excluding carboxylic acids is 1. The van der Waals surface area contributed by atoms with Crippen LogP contribution in [0.2, 0.25) is 0 Å². The first-order chi connectivity index (χ1) is 8.70. The molecule has 0 radical (unpaired) electrons. The molecule has 0 atom stereocenters. The molecule has 18 heavy (non-hydrogen) atoms. The van der Waals surface area contributed by atoms with Crippen LogP contribution in [-0.2, 0) is 0 Å². The van der Waals surface area contributed by atoms with E-state index in [1.807, 2.05) is 24.3 Å². The number of carbonyl (C=O) groups is 1. The third-order valence-electron chi connectivity index (χ3n) is 2.30. The zero-order chi connectivity index (χ0) is 13.0. The van der Waals surface area contributed by atoms with Crippen molar-refractivity contribution in [3.63, 3.8) is 0 Å². The van der Waals surface area contributed by atoms with Gasteiger partial charge in [-0.05, 0) is 12.1 Å². The molecular formula is C12H12N4O2. The minimum atomic E-state index is -0.667. The predicted octanol–water partition coefficient (Wildman–Crippen LogP) is 1.64. The van der Waals surface area contributed by atoms with Gasteiger partial charge in [-0.2, -0.15) is 0 Å². The fraction of sp³-hybridized carbons (Fsp3) is 0.0833. The fourth-order valence-electron chi connectivity index (χ4n) is 1.56. The first-order valence-corrected chi connectivity index (χ1v) is 5.22. The third kappa shape index (κ3) is 2.54.